The number of hydrogen-bond donors (Lipinski definition) is 3. The monoisotopic (exact) mass is 496 g/mol. The predicted molar refractivity (Wildman–Crippen MR) is 135 cm³/mol. The van der Waals surface area contributed by atoms with E-state index in [0.29, 0.717) is 12.8 Å². The highest BCUT2D eigenvalue weighted by Gasteiger charge is 2.71. The fourth-order valence-electron chi connectivity index (χ4n) is 8.63. The Morgan fingerprint density at radius 2 is 1.89 bits per heavy atom. The Labute approximate surface area is 210 Å². The molecular weight excluding hydrogens is 463 g/mol. The molecule has 2 N–H and O–H groups in total. The number of hydrogen-bond acceptors (Lipinski definition) is 4. The van der Waals surface area contributed by atoms with E-state index in [2.05, 4.69) is 37.7 Å². The number of fused-ring (bicyclic) bond motifs is 6. The minimum atomic E-state index is -1.49. The molecule has 186 valence electrons. The summed E-state index contributed by atoms with van der Waals surface area (Å²) in [5.41, 5.74) is 1.44. The largest absolute Gasteiger partial charge is 0.392 e. The van der Waals surface area contributed by atoms with Gasteiger partial charge in [-0.25, -0.2) is 9.07 Å². The Kier molecular flexibility index (Phi) is 4.89. The molecule has 5 nitrogen and oxygen atoms in total. The molecular formula is C28H33FN2O3S. The first-order chi connectivity index (χ1) is 16.5. The zero-order valence-corrected chi connectivity index (χ0v) is 21.4. The smallest absolute Gasteiger partial charge is 0.218 e. The standard InChI is InChI=1S/C28H33FN2O3S/c1-25-13-16-15-30-31(19-7-5-18(29)6-8-19)22(16)12-17(25)4-9-21-20-10-11-28(34,24(33)35)26(20,2)14-23(32)27(21,25)3/h5-8,12,15,20-21,23,32,34H,4,9-11,13-14H2,1-3H3,(H,33,35)/t20?,21-,23-,25-,26-,27+,28-/m0/s1. The maximum atomic E-state index is 13.5. The number of thiol groups is 1. The van der Waals surface area contributed by atoms with Crippen molar-refractivity contribution in [3.05, 3.63) is 53.1 Å². The van der Waals surface area contributed by atoms with E-state index in [1.165, 1.54) is 17.7 Å². The van der Waals surface area contributed by atoms with Crippen molar-refractivity contribution in [3.63, 3.8) is 0 Å². The van der Waals surface area contributed by atoms with Crippen molar-refractivity contribution >= 4 is 23.8 Å². The zero-order chi connectivity index (χ0) is 25.0. The summed E-state index contributed by atoms with van der Waals surface area (Å²) < 4.78 is 15.4. The van der Waals surface area contributed by atoms with Crippen LogP contribution in [-0.4, -0.2) is 36.8 Å². The molecule has 3 fully saturated rings. The van der Waals surface area contributed by atoms with Crippen LogP contribution in [0.5, 0.6) is 0 Å². The van der Waals surface area contributed by atoms with Gasteiger partial charge in [-0.15, -0.1) is 12.6 Å². The first-order valence-electron chi connectivity index (χ1n) is 12.6. The average molecular weight is 497 g/mol. The highest BCUT2D eigenvalue weighted by Crippen LogP contribution is 2.72. The van der Waals surface area contributed by atoms with Crippen molar-refractivity contribution in [1.29, 1.82) is 0 Å². The molecule has 1 aromatic carbocycles. The van der Waals surface area contributed by atoms with E-state index in [1.807, 2.05) is 17.8 Å². The van der Waals surface area contributed by atoms with Gasteiger partial charge in [0.25, 0.3) is 0 Å². The lowest BCUT2D eigenvalue weighted by Gasteiger charge is -2.66. The van der Waals surface area contributed by atoms with Crippen molar-refractivity contribution in [2.45, 2.75) is 71.0 Å². The molecule has 35 heavy (non-hydrogen) atoms. The van der Waals surface area contributed by atoms with E-state index in [1.54, 1.807) is 12.1 Å². The molecule has 0 amide bonds. The number of nitrogens with zero attached hydrogens (tertiary/aromatic N) is 2. The molecule has 0 aliphatic heterocycles. The molecule has 0 saturated heterocycles. The molecule has 0 radical (unpaired) electrons. The van der Waals surface area contributed by atoms with Gasteiger partial charge in [0, 0.05) is 16.2 Å². The highest BCUT2D eigenvalue weighted by atomic mass is 32.1. The fraction of sp³-hybridized carbons (Fsp3) is 0.571. The Bertz CT molecular complexity index is 1260. The van der Waals surface area contributed by atoms with Crippen molar-refractivity contribution in [1.82, 2.24) is 9.78 Å². The van der Waals surface area contributed by atoms with Gasteiger partial charge in [-0.3, -0.25) is 4.79 Å². The topological polar surface area (TPSA) is 75.3 Å². The molecule has 1 heterocycles. The maximum absolute atomic E-state index is 13.5. The van der Waals surface area contributed by atoms with Gasteiger partial charge in [-0.2, -0.15) is 5.10 Å². The van der Waals surface area contributed by atoms with Gasteiger partial charge >= 0.3 is 0 Å². The number of benzene rings is 1. The van der Waals surface area contributed by atoms with Gasteiger partial charge in [0.05, 0.1) is 23.7 Å². The van der Waals surface area contributed by atoms with Crippen LogP contribution in [0.15, 0.2) is 36.0 Å². The van der Waals surface area contributed by atoms with Crippen LogP contribution in [0.2, 0.25) is 0 Å². The number of aliphatic hydroxyl groups is 2. The molecule has 6 rings (SSSR count). The summed E-state index contributed by atoms with van der Waals surface area (Å²) in [6.07, 6.45) is 7.61. The quantitative estimate of drug-likeness (QED) is 0.525. The van der Waals surface area contributed by atoms with E-state index in [4.69, 9.17) is 0 Å². The molecule has 0 spiro atoms. The summed E-state index contributed by atoms with van der Waals surface area (Å²) in [5.74, 6) is 0.0659. The van der Waals surface area contributed by atoms with Crippen LogP contribution in [0.25, 0.3) is 11.8 Å². The van der Waals surface area contributed by atoms with E-state index in [-0.39, 0.29) is 23.1 Å². The number of carbonyl (C=O) groups excluding carboxylic acids is 1. The number of rotatable bonds is 2. The van der Waals surface area contributed by atoms with Crippen molar-refractivity contribution in [2.24, 2.45) is 28.1 Å². The summed E-state index contributed by atoms with van der Waals surface area (Å²) in [6, 6.07) is 6.37. The lowest BCUT2D eigenvalue weighted by molar-refractivity contribution is -0.209. The molecule has 0 bridgehead atoms. The Morgan fingerprint density at radius 1 is 1.17 bits per heavy atom. The van der Waals surface area contributed by atoms with E-state index < -0.39 is 27.7 Å². The second kappa shape index (κ2) is 7.30. The third-order valence-corrected chi connectivity index (χ3v) is 11.3. The van der Waals surface area contributed by atoms with Crippen LogP contribution >= 0.6 is 12.6 Å². The van der Waals surface area contributed by atoms with Crippen LogP contribution in [0, 0.1) is 33.9 Å². The summed E-state index contributed by atoms with van der Waals surface area (Å²) in [7, 11) is 0. The fourth-order valence-corrected chi connectivity index (χ4v) is 9.00. The molecule has 4 aliphatic rings. The molecule has 2 aromatic rings. The Morgan fingerprint density at radius 3 is 2.57 bits per heavy atom. The first-order valence-corrected chi connectivity index (χ1v) is 13.1. The van der Waals surface area contributed by atoms with Crippen LogP contribution in [0.4, 0.5) is 4.39 Å². The zero-order valence-electron chi connectivity index (χ0n) is 20.5. The average Bonchev–Trinajstić information content (AvgIpc) is 3.32. The summed E-state index contributed by atoms with van der Waals surface area (Å²) >= 11 is 4.07. The third kappa shape index (κ3) is 2.78. The third-order valence-electron chi connectivity index (χ3n) is 10.9. The molecule has 1 unspecified atom stereocenters. The number of aliphatic hydroxyl groups excluding tert-OH is 1. The van der Waals surface area contributed by atoms with Gasteiger partial charge in [-0.05, 0) is 86.3 Å². The lowest BCUT2D eigenvalue weighted by atomic mass is 9.39. The van der Waals surface area contributed by atoms with E-state index in [9.17, 15) is 19.4 Å². The van der Waals surface area contributed by atoms with Crippen LogP contribution < -0.4 is 0 Å². The number of allylic oxidation sites excluding steroid dienone is 1. The first kappa shape index (κ1) is 23.4. The second-order valence-electron chi connectivity index (χ2n) is 12.0. The van der Waals surface area contributed by atoms with Crippen LogP contribution in [0.1, 0.15) is 64.1 Å². The van der Waals surface area contributed by atoms with Gasteiger partial charge in [0.1, 0.15) is 11.4 Å². The predicted octanol–water partition coefficient (Wildman–Crippen LogP) is 4.74. The highest BCUT2D eigenvalue weighted by molar-refractivity contribution is 7.96. The van der Waals surface area contributed by atoms with Gasteiger partial charge in [0.15, 0.2) is 0 Å². The summed E-state index contributed by atoms with van der Waals surface area (Å²) in [6.45, 7) is 6.49. The van der Waals surface area contributed by atoms with Gasteiger partial charge in [0.2, 0.25) is 5.12 Å². The molecule has 7 heteroatoms. The minimum Gasteiger partial charge on any atom is -0.392 e. The second-order valence-corrected chi connectivity index (χ2v) is 12.4. The molecule has 7 atom stereocenters. The normalized spacial score (nSPS) is 41.9. The SMILES string of the molecule is C[C@]12[C@@H](O)C[C@@]3(C)C(CC[C@]3(O)C(=O)S)[C@@H]1CCC1=Cc3c(cnn3-c3ccc(F)cc3)C[C@@]12C. The molecule has 4 aliphatic carbocycles. The minimum absolute atomic E-state index is 0.152. The number of carbonyl (C=O) groups is 1. The summed E-state index contributed by atoms with van der Waals surface area (Å²) in [5, 5.41) is 27.4. The van der Waals surface area contributed by atoms with Crippen LogP contribution in [-0.2, 0) is 11.2 Å². The number of aromatic nitrogens is 2. The van der Waals surface area contributed by atoms with Crippen molar-refractivity contribution < 1.29 is 19.4 Å². The molecule has 1 aromatic heterocycles. The Hall–Kier alpha value is -1.96. The maximum Gasteiger partial charge on any atom is 0.218 e. The van der Waals surface area contributed by atoms with E-state index >= 15 is 0 Å². The lowest BCUT2D eigenvalue weighted by Crippen LogP contribution is -2.66. The molecule has 3 saturated carbocycles. The van der Waals surface area contributed by atoms with Gasteiger partial charge < -0.3 is 10.2 Å². The van der Waals surface area contributed by atoms with E-state index in [0.717, 1.165) is 42.6 Å². The van der Waals surface area contributed by atoms with Gasteiger partial charge in [-0.1, -0.05) is 26.3 Å². The van der Waals surface area contributed by atoms with Crippen LogP contribution in [0.3, 0.4) is 0 Å². The number of halogens is 1. The van der Waals surface area contributed by atoms with Crippen molar-refractivity contribution in [3.8, 4) is 5.69 Å². The Balaban J connectivity index is 1.42. The summed E-state index contributed by atoms with van der Waals surface area (Å²) in [4.78, 5) is 12.4. The van der Waals surface area contributed by atoms with Crippen molar-refractivity contribution in [2.75, 3.05) is 0 Å².